The van der Waals surface area contributed by atoms with Crippen molar-refractivity contribution in [3.05, 3.63) is 23.6 Å². The lowest BCUT2D eigenvalue weighted by atomic mass is 9.99. The Balaban J connectivity index is 1.75. The molecule has 0 unspecified atom stereocenters. The second kappa shape index (κ2) is 6.39. The molecule has 1 N–H and O–H groups in total. The van der Waals surface area contributed by atoms with E-state index in [4.69, 9.17) is 4.52 Å². The van der Waals surface area contributed by atoms with Crippen LogP contribution in [-0.2, 0) is 10.0 Å². The molecule has 9 heteroatoms. The van der Waals surface area contributed by atoms with Crippen molar-refractivity contribution in [3.8, 4) is 0 Å². The van der Waals surface area contributed by atoms with Gasteiger partial charge in [-0.05, 0) is 44.7 Å². The quantitative estimate of drug-likeness (QED) is 0.900. The third kappa shape index (κ3) is 3.35. The van der Waals surface area contributed by atoms with Crippen molar-refractivity contribution in [1.29, 1.82) is 0 Å². The number of hydrogen-bond acceptors (Lipinski definition) is 7. The normalized spacial score (nSPS) is 16.4. The molecular formula is C15H21N5O3S. The summed E-state index contributed by atoms with van der Waals surface area (Å²) in [6.07, 6.45) is 2.25. The molecule has 24 heavy (non-hydrogen) atoms. The number of anilines is 2. The molecule has 130 valence electrons. The minimum Gasteiger partial charge on any atom is -0.360 e. The van der Waals surface area contributed by atoms with Crippen LogP contribution in [0.25, 0.3) is 0 Å². The summed E-state index contributed by atoms with van der Waals surface area (Å²) in [7, 11) is -3.80. The maximum absolute atomic E-state index is 12.4. The van der Waals surface area contributed by atoms with Gasteiger partial charge in [-0.25, -0.2) is 8.42 Å². The molecule has 2 aromatic heterocycles. The van der Waals surface area contributed by atoms with Gasteiger partial charge in [-0.3, -0.25) is 4.72 Å². The first kappa shape index (κ1) is 16.7. The van der Waals surface area contributed by atoms with Crippen molar-refractivity contribution < 1.29 is 12.9 Å². The zero-order valence-electron chi connectivity index (χ0n) is 14.0. The summed E-state index contributed by atoms with van der Waals surface area (Å²) >= 11 is 0. The predicted octanol–water partition coefficient (Wildman–Crippen LogP) is 2.12. The lowest BCUT2D eigenvalue weighted by Gasteiger charge is -2.30. The Morgan fingerprint density at radius 2 is 1.92 bits per heavy atom. The molecule has 0 amide bonds. The van der Waals surface area contributed by atoms with E-state index in [1.165, 1.54) is 0 Å². The van der Waals surface area contributed by atoms with E-state index < -0.39 is 10.0 Å². The molecule has 3 heterocycles. The summed E-state index contributed by atoms with van der Waals surface area (Å²) in [5.74, 6) is 1.91. The van der Waals surface area contributed by atoms with Crippen LogP contribution in [0.15, 0.2) is 21.6 Å². The molecule has 8 nitrogen and oxygen atoms in total. The number of nitrogens with one attached hydrogen (secondary N) is 1. The van der Waals surface area contributed by atoms with Crippen LogP contribution in [0, 0.1) is 19.8 Å². The van der Waals surface area contributed by atoms with Crippen LogP contribution < -0.4 is 9.62 Å². The molecule has 0 radical (unpaired) electrons. The monoisotopic (exact) mass is 351 g/mol. The van der Waals surface area contributed by atoms with Crippen molar-refractivity contribution >= 4 is 21.7 Å². The Morgan fingerprint density at radius 3 is 2.46 bits per heavy atom. The molecule has 0 aliphatic carbocycles. The summed E-state index contributed by atoms with van der Waals surface area (Å²) in [5.41, 5.74) is 0.312. The van der Waals surface area contributed by atoms with Crippen LogP contribution >= 0.6 is 0 Å². The van der Waals surface area contributed by atoms with E-state index in [1.807, 2.05) is 0 Å². The third-order valence-electron chi connectivity index (χ3n) is 4.23. The molecule has 1 aliphatic rings. The molecule has 1 saturated heterocycles. The van der Waals surface area contributed by atoms with Crippen molar-refractivity contribution in [3.63, 3.8) is 0 Å². The van der Waals surface area contributed by atoms with Crippen LogP contribution in [-0.4, -0.2) is 36.9 Å². The van der Waals surface area contributed by atoms with E-state index >= 15 is 0 Å². The first-order valence-electron chi connectivity index (χ1n) is 7.91. The highest BCUT2D eigenvalue weighted by Crippen LogP contribution is 2.23. The van der Waals surface area contributed by atoms with Crippen LogP contribution in [0.1, 0.15) is 31.2 Å². The first-order chi connectivity index (χ1) is 11.4. The minimum atomic E-state index is -3.80. The van der Waals surface area contributed by atoms with Crippen molar-refractivity contribution in [2.45, 2.75) is 38.5 Å². The molecule has 0 aromatic carbocycles. The van der Waals surface area contributed by atoms with Gasteiger partial charge in [0.25, 0.3) is 10.0 Å². The van der Waals surface area contributed by atoms with Crippen LogP contribution in [0.3, 0.4) is 0 Å². The second-order valence-electron chi connectivity index (χ2n) is 6.21. The van der Waals surface area contributed by atoms with Crippen LogP contribution in [0.5, 0.6) is 0 Å². The SMILES string of the molecule is Cc1noc(C)c1S(=O)(=O)Nc1ccc(N2CCC(C)CC2)nn1. The molecule has 2 aromatic rings. The molecule has 0 atom stereocenters. The zero-order valence-corrected chi connectivity index (χ0v) is 14.8. The van der Waals surface area contributed by atoms with Gasteiger partial charge in [0.2, 0.25) is 0 Å². The average Bonchev–Trinajstić information content (AvgIpc) is 2.88. The Kier molecular flexibility index (Phi) is 4.44. The lowest BCUT2D eigenvalue weighted by molar-refractivity contribution is 0.390. The Morgan fingerprint density at radius 1 is 1.21 bits per heavy atom. The maximum Gasteiger partial charge on any atom is 0.268 e. The fraction of sp³-hybridized carbons (Fsp3) is 0.533. The first-order valence-corrected chi connectivity index (χ1v) is 9.39. The van der Waals surface area contributed by atoms with Crippen LogP contribution in [0.2, 0.25) is 0 Å². The van der Waals surface area contributed by atoms with E-state index in [0.717, 1.165) is 37.7 Å². The summed E-state index contributed by atoms with van der Waals surface area (Å²) in [5, 5.41) is 11.8. The van der Waals surface area contributed by atoms with Crippen LogP contribution in [0.4, 0.5) is 11.6 Å². The number of hydrogen-bond donors (Lipinski definition) is 1. The van der Waals surface area contributed by atoms with E-state index in [2.05, 4.69) is 31.9 Å². The van der Waals surface area contributed by atoms with Gasteiger partial charge in [0.05, 0.1) is 0 Å². The minimum absolute atomic E-state index is 0.0402. The van der Waals surface area contributed by atoms with Gasteiger partial charge in [-0.2, -0.15) is 0 Å². The van der Waals surface area contributed by atoms with Crippen molar-refractivity contribution in [2.24, 2.45) is 5.92 Å². The van der Waals surface area contributed by atoms with E-state index in [9.17, 15) is 8.42 Å². The molecule has 0 saturated carbocycles. The fourth-order valence-electron chi connectivity index (χ4n) is 2.83. The highest BCUT2D eigenvalue weighted by molar-refractivity contribution is 7.92. The Bertz CT molecular complexity index is 789. The molecule has 1 fully saturated rings. The molecular weight excluding hydrogens is 330 g/mol. The third-order valence-corrected chi connectivity index (χ3v) is 5.83. The lowest BCUT2D eigenvalue weighted by Crippen LogP contribution is -2.33. The van der Waals surface area contributed by atoms with E-state index in [-0.39, 0.29) is 16.5 Å². The average molecular weight is 351 g/mol. The smallest absolute Gasteiger partial charge is 0.268 e. The summed E-state index contributed by atoms with van der Waals surface area (Å²) in [6, 6.07) is 3.41. The molecule has 0 bridgehead atoms. The van der Waals surface area contributed by atoms with Crippen molar-refractivity contribution in [2.75, 3.05) is 22.7 Å². The highest BCUT2D eigenvalue weighted by atomic mass is 32.2. The number of sulfonamides is 1. The Hall–Kier alpha value is -2.16. The summed E-state index contributed by atoms with van der Waals surface area (Å²) in [4.78, 5) is 2.21. The number of nitrogens with zero attached hydrogens (tertiary/aromatic N) is 4. The van der Waals surface area contributed by atoms with Gasteiger partial charge in [0, 0.05) is 13.1 Å². The van der Waals surface area contributed by atoms with Crippen molar-refractivity contribution in [1.82, 2.24) is 15.4 Å². The maximum atomic E-state index is 12.4. The van der Waals surface area contributed by atoms with Gasteiger partial charge in [0.1, 0.15) is 5.69 Å². The van der Waals surface area contributed by atoms with Gasteiger partial charge in [0.15, 0.2) is 22.3 Å². The molecule has 0 spiro atoms. The fourth-order valence-corrected chi connectivity index (χ4v) is 4.16. The van der Waals surface area contributed by atoms with E-state index in [0.29, 0.717) is 5.69 Å². The number of piperidine rings is 1. The predicted molar refractivity (Wildman–Crippen MR) is 89.4 cm³/mol. The number of rotatable bonds is 4. The Labute approximate surface area is 141 Å². The number of aromatic nitrogens is 3. The second-order valence-corrected chi connectivity index (χ2v) is 7.82. The largest absolute Gasteiger partial charge is 0.360 e. The number of aryl methyl sites for hydroxylation is 2. The molecule has 3 rings (SSSR count). The summed E-state index contributed by atoms with van der Waals surface area (Å²) in [6.45, 7) is 7.27. The van der Waals surface area contributed by atoms with Gasteiger partial charge in [-0.15, -0.1) is 10.2 Å². The van der Waals surface area contributed by atoms with Gasteiger partial charge >= 0.3 is 0 Å². The van der Waals surface area contributed by atoms with E-state index in [1.54, 1.807) is 26.0 Å². The standard InChI is InChI=1S/C15H21N5O3S/c1-10-6-8-20(9-7-10)14-5-4-13(16-17-14)19-24(21,22)15-11(2)18-23-12(15)3/h4-5,10H,6-9H2,1-3H3,(H,16,19). The molecule has 1 aliphatic heterocycles. The summed E-state index contributed by atoms with van der Waals surface area (Å²) < 4.78 is 32.2. The highest BCUT2D eigenvalue weighted by Gasteiger charge is 2.25. The van der Waals surface area contributed by atoms with Gasteiger partial charge < -0.3 is 9.42 Å². The topological polar surface area (TPSA) is 101 Å². The van der Waals surface area contributed by atoms with Gasteiger partial charge in [-0.1, -0.05) is 12.1 Å². The zero-order chi connectivity index (χ0) is 17.3.